The number of rotatable bonds is 2. The first-order valence-electron chi connectivity index (χ1n) is 5.32. The zero-order valence-corrected chi connectivity index (χ0v) is 8.91. The minimum Gasteiger partial charge on any atom is -0.339 e. The maximum absolute atomic E-state index is 11.6. The molecular weight excluding hydrogens is 174 g/mol. The molecule has 78 valence electrons. The first kappa shape index (κ1) is 11.0. The van der Waals surface area contributed by atoms with Gasteiger partial charge < -0.3 is 4.90 Å². The summed E-state index contributed by atoms with van der Waals surface area (Å²) in [7, 11) is 0. The third-order valence-corrected chi connectivity index (χ3v) is 2.59. The Balaban J connectivity index is 2.52. The second-order valence-corrected chi connectivity index (χ2v) is 3.98. The predicted octanol–water partition coefficient (Wildman–Crippen LogP) is 2.38. The van der Waals surface area contributed by atoms with Gasteiger partial charge in [-0.05, 0) is 18.8 Å². The number of allylic oxidation sites excluding steroid dienone is 2. The smallest absolute Gasteiger partial charge is 0.246 e. The van der Waals surface area contributed by atoms with Crippen LogP contribution >= 0.6 is 0 Å². The summed E-state index contributed by atoms with van der Waals surface area (Å²) in [6.07, 6.45) is 8.57. The van der Waals surface area contributed by atoms with Crippen LogP contribution < -0.4 is 0 Å². The Kier molecular flexibility index (Phi) is 4.44. The topological polar surface area (TPSA) is 20.3 Å². The van der Waals surface area contributed by atoms with Gasteiger partial charge in [0.2, 0.25) is 5.91 Å². The minimum atomic E-state index is 0.124. The number of hydrogen-bond donors (Lipinski definition) is 0. The summed E-state index contributed by atoms with van der Waals surface area (Å²) in [4.78, 5) is 13.6. The molecule has 1 fully saturated rings. The standard InChI is InChI=1S/C12H19NO/c1-3-4-8-12(14)13-9-6-5-7-11(2)10-13/h3-4,8,11H,1,5-7,9-10H2,2H3/b8-4+/t11-/m1/s1. The van der Waals surface area contributed by atoms with E-state index in [0.717, 1.165) is 19.5 Å². The van der Waals surface area contributed by atoms with E-state index in [0.29, 0.717) is 5.92 Å². The first-order valence-corrected chi connectivity index (χ1v) is 5.32. The molecule has 1 heterocycles. The Hall–Kier alpha value is -1.05. The van der Waals surface area contributed by atoms with Crippen LogP contribution in [0.15, 0.2) is 24.8 Å². The number of hydrogen-bond acceptors (Lipinski definition) is 1. The normalized spacial score (nSPS) is 23.5. The number of amides is 1. The van der Waals surface area contributed by atoms with E-state index in [9.17, 15) is 4.79 Å². The SMILES string of the molecule is C=C/C=C/C(=O)N1CCCC[C@@H](C)C1. The van der Waals surface area contributed by atoms with E-state index < -0.39 is 0 Å². The maximum Gasteiger partial charge on any atom is 0.246 e. The highest BCUT2D eigenvalue weighted by Crippen LogP contribution is 2.15. The second-order valence-electron chi connectivity index (χ2n) is 3.98. The van der Waals surface area contributed by atoms with Gasteiger partial charge in [0.15, 0.2) is 0 Å². The van der Waals surface area contributed by atoms with Crippen LogP contribution in [-0.4, -0.2) is 23.9 Å². The molecule has 0 radical (unpaired) electrons. The van der Waals surface area contributed by atoms with Gasteiger partial charge in [-0.3, -0.25) is 4.79 Å². The van der Waals surface area contributed by atoms with Crippen LogP contribution in [0.2, 0.25) is 0 Å². The van der Waals surface area contributed by atoms with Gasteiger partial charge in [-0.2, -0.15) is 0 Å². The lowest BCUT2D eigenvalue weighted by Gasteiger charge is -2.20. The van der Waals surface area contributed by atoms with E-state index in [-0.39, 0.29) is 5.91 Å². The van der Waals surface area contributed by atoms with Gasteiger partial charge in [0, 0.05) is 19.2 Å². The summed E-state index contributed by atoms with van der Waals surface area (Å²) in [5.74, 6) is 0.761. The van der Waals surface area contributed by atoms with Crippen molar-refractivity contribution in [3.05, 3.63) is 24.8 Å². The molecule has 2 nitrogen and oxygen atoms in total. The summed E-state index contributed by atoms with van der Waals surface area (Å²) in [5, 5.41) is 0. The van der Waals surface area contributed by atoms with Crippen LogP contribution in [0.25, 0.3) is 0 Å². The lowest BCUT2D eigenvalue weighted by atomic mass is 10.1. The van der Waals surface area contributed by atoms with E-state index in [1.54, 1.807) is 18.2 Å². The van der Waals surface area contributed by atoms with Crippen LogP contribution in [0.1, 0.15) is 26.2 Å². The summed E-state index contributed by atoms with van der Waals surface area (Å²) in [5.41, 5.74) is 0. The number of carbonyl (C=O) groups excluding carboxylic acids is 1. The van der Waals surface area contributed by atoms with Gasteiger partial charge in [-0.15, -0.1) is 0 Å². The molecule has 14 heavy (non-hydrogen) atoms. The molecule has 1 atom stereocenters. The third-order valence-electron chi connectivity index (χ3n) is 2.59. The molecule has 0 aliphatic carbocycles. The maximum atomic E-state index is 11.6. The van der Waals surface area contributed by atoms with Crippen LogP contribution in [-0.2, 0) is 4.79 Å². The largest absolute Gasteiger partial charge is 0.339 e. The Morgan fingerprint density at radius 3 is 3.00 bits per heavy atom. The third kappa shape index (κ3) is 3.36. The highest BCUT2D eigenvalue weighted by atomic mass is 16.2. The predicted molar refractivity (Wildman–Crippen MR) is 58.9 cm³/mol. The molecule has 1 aliphatic rings. The van der Waals surface area contributed by atoms with Crippen LogP contribution in [0.5, 0.6) is 0 Å². The zero-order chi connectivity index (χ0) is 10.4. The summed E-state index contributed by atoms with van der Waals surface area (Å²) in [6, 6.07) is 0. The molecule has 1 rings (SSSR count). The first-order chi connectivity index (χ1) is 6.74. The van der Waals surface area contributed by atoms with Gasteiger partial charge in [0.25, 0.3) is 0 Å². The van der Waals surface area contributed by atoms with Crippen molar-refractivity contribution in [2.45, 2.75) is 26.2 Å². The van der Waals surface area contributed by atoms with Crippen molar-refractivity contribution < 1.29 is 4.79 Å². The quantitative estimate of drug-likeness (QED) is 0.487. The molecule has 1 saturated heterocycles. The Morgan fingerprint density at radius 2 is 2.29 bits per heavy atom. The molecule has 0 aromatic carbocycles. The van der Waals surface area contributed by atoms with Crippen molar-refractivity contribution in [2.75, 3.05) is 13.1 Å². The molecule has 0 saturated carbocycles. The zero-order valence-electron chi connectivity index (χ0n) is 8.91. The van der Waals surface area contributed by atoms with E-state index in [1.165, 1.54) is 12.8 Å². The summed E-state index contributed by atoms with van der Waals surface area (Å²) < 4.78 is 0. The minimum absolute atomic E-state index is 0.124. The van der Waals surface area contributed by atoms with Crippen molar-refractivity contribution in [1.82, 2.24) is 4.90 Å². The summed E-state index contributed by atoms with van der Waals surface area (Å²) >= 11 is 0. The van der Waals surface area contributed by atoms with Gasteiger partial charge in [0.05, 0.1) is 0 Å². The number of carbonyl (C=O) groups is 1. The van der Waals surface area contributed by atoms with Crippen LogP contribution in [0, 0.1) is 5.92 Å². The Bertz CT molecular complexity index is 232. The second kappa shape index (κ2) is 5.63. The molecule has 1 aliphatic heterocycles. The molecule has 0 aromatic rings. The van der Waals surface area contributed by atoms with Crippen molar-refractivity contribution in [3.63, 3.8) is 0 Å². The van der Waals surface area contributed by atoms with Gasteiger partial charge in [0.1, 0.15) is 0 Å². The molecular formula is C12H19NO. The lowest BCUT2D eigenvalue weighted by Crippen LogP contribution is -2.32. The van der Waals surface area contributed by atoms with Crippen molar-refractivity contribution in [3.8, 4) is 0 Å². The molecule has 1 amide bonds. The monoisotopic (exact) mass is 193 g/mol. The average Bonchev–Trinajstić information content (AvgIpc) is 2.39. The molecule has 0 spiro atoms. The molecule has 0 N–H and O–H groups in total. The molecule has 0 bridgehead atoms. The highest BCUT2D eigenvalue weighted by molar-refractivity contribution is 5.87. The highest BCUT2D eigenvalue weighted by Gasteiger charge is 2.17. The fraction of sp³-hybridized carbons (Fsp3) is 0.583. The number of nitrogens with zero attached hydrogens (tertiary/aromatic N) is 1. The molecule has 0 unspecified atom stereocenters. The van der Waals surface area contributed by atoms with Crippen molar-refractivity contribution >= 4 is 5.91 Å². The van der Waals surface area contributed by atoms with E-state index in [1.807, 2.05) is 4.90 Å². The van der Waals surface area contributed by atoms with Crippen molar-refractivity contribution in [1.29, 1.82) is 0 Å². The Labute approximate surface area is 86.3 Å². The van der Waals surface area contributed by atoms with Gasteiger partial charge in [-0.1, -0.05) is 32.1 Å². The van der Waals surface area contributed by atoms with Crippen LogP contribution in [0.4, 0.5) is 0 Å². The van der Waals surface area contributed by atoms with E-state index in [4.69, 9.17) is 0 Å². The van der Waals surface area contributed by atoms with Crippen LogP contribution in [0.3, 0.4) is 0 Å². The lowest BCUT2D eigenvalue weighted by molar-refractivity contribution is -0.126. The number of likely N-dealkylation sites (tertiary alicyclic amines) is 1. The molecule has 2 heteroatoms. The van der Waals surface area contributed by atoms with E-state index >= 15 is 0 Å². The van der Waals surface area contributed by atoms with Gasteiger partial charge >= 0.3 is 0 Å². The molecule has 0 aromatic heterocycles. The Morgan fingerprint density at radius 1 is 1.50 bits per heavy atom. The van der Waals surface area contributed by atoms with Gasteiger partial charge in [-0.25, -0.2) is 0 Å². The summed E-state index contributed by atoms with van der Waals surface area (Å²) in [6.45, 7) is 7.58. The fourth-order valence-electron chi connectivity index (χ4n) is 1.81. The van der Waals surface area contributed by atoms with Crippen molar-refractivity contribution in [2.24, 2.45) is 5.92 Å². The fourth-order valence-corrected chi connectivity index (χ4v) is 1.81. The average molecular weight is 193 g/mol. The van der Waals surface area contributed by atoms with E-state index in [2.05, 4.69) is 13.5 Å².